The first-order valence-electron chi connectivity index (χ1n) is 6.00. The summed E-state index contributed by atoms with van der Waals surface area (Å²) >= 11 is 0. The second-order valence-corrected chi connectivity index (χ2v) is 4.14. The van der Waals surface area contributed by atoms with Gasteiger partial charge in [-0.1, -0.05) is 6.92 Å². The van der Waals surface area contributed by atoms with Crippen LogP contribution in [0.5, 0.6) is 5.88 Å². The molecular weight excluding hydrogens is 283 g/mol. The Hall–Kier alpha value is -1.44. The summed E-state index contributed by atoms with van der Waals surface area (Å²) < 4.78 is 67.2. The molecule has 20 heavy (non-hydrogen) atoms. The van der Waals surface area contributed by atoms with Crippen LogP contribution in [-0.4, -0.2) is 30.5 Å². The summed E-state index contributed by atoms with van der Waals surface area (Å²) in [5.74, 6) is -5.22. The summed E-state index contributed by atoms with van der Waals surface area (Å²) in [5, 5.41) is 2.92. The third kappa shape index (κ3) is 4.92. The molecule has 0 saturated heterocycles. The molecule has 8 heteroatoms. The van der Waals surface area contributed by atoms with Crippen molar-refractivity contribution in [1.29, 1.82) is 0 Å². The lowest BCUT2D eigenvalue weighted by Crippen LogP contribution is -2.34. The Morgan fingerprint density at radius 2 is 2.10 bits per heavy atom. The van der Waals surface area contributed by atoms with E-state index in [0.717, 1.165) is 18.7 Å². The predicted octanol–water partition coefficient (Wildman–Crippen LogP) is 3.00. The van der Waals surface area contributed by atoms with Gasteiger partial charge in [-0.15, -0.1) is 0 Å². The van der Waals surface area contributed by atoms with Crippen LogP contribution in [0.25, 0.3) is 0 Å². The standard InChI is InChI=1S/C12H15F5N2O/c1-2-3-18-5-8-4-9(13)6-19-10(8)20-7-12(16,17)11(14)15/h4,6,11,18H,2-3,5,7H2,1H3. The van der Waals surface area contributed by atoms with E-state index in [1.165, 1.54) is 0 Å². The number of nitrogens with zero attached hydrogens (tertiary/aromatic N) is 1. The zero-order chi connectivity index (χ0) is 15.2. The summed E-state index contributed by atoms with van der Waals surface area (Å²) in [5.41, 5.74) is 0.198. The van der Waals surface area contributed by atoms with E-state index in [2.05, 4.69) is 15.0 Å². The molecule has 0 aliphatic heterocycles. The highest BCUT2D eigenvalue weighted by Gasteiger charge is 2.42. The van der Waals surface area contributed by atoms with E-state index in [-0.39, 0.29) is 18.0 Å². The Balaban J connectivity index is 2.73. The summed E-state index contributed by atoms with van der Waals surface area (Å²) in [6.07, 6.45) is -2.23. The maximum Gasteiger partial charge on any atom is 0.340 e. The average molecular weight is 298 g/mol. The maximum absolute atomic E-state index is 13.0. The number of rotatable bonds is 8. The highest BCUT2D eigenvalue weighted by Crippen LogP contribution is 2.25. The lowest BCUT2D eigenvalue weighted by molar-refractivity contribution is -0.148. The SMILES string of the molecule is CCCNCc1cc(F)cnc1OCC(F)(F)C(F)F. The molecular formula is C12H15F5N2O. The van der Waals surface area contributed by atoms with Crippen LogP contribution in [0, 0.1) is 5.82 Å². The molecule has 0 aliphatic carbocycles. The Bertz CT molecular complexity index is 428. The van der Waals surface area contributed by atoms with Crippen molar-refractivity contribution in [2.45, 2.75) is 32.2 Å². The van der Waals surface area contributed by atoms with Gasteiger partial charge < -0.3 is 10.1 Å². The van der Waals surface area contributed by atoms with E-state index in [9.17, 15) is 22.0 Å². The first kappa shape index (κ1) is 16.6. The van der Waals surface area contributed by atoms with Gasteiger partial charge in [0.15, 0.2) is 6.61 Å². The van der Waals surface area contributed by atoms with Crippen LogP contribution in [0.3, 0.4) is 0 Å². The highest BCUT2D eigenvalue weighted by atomic mass is 19.3. The molecule has 0 radical (unpaired) electrons. The van der Waals surface area contributed by atoms with Gasteiger partial charge in [-0.3, -0.25) is 0 Å². The zero-order valence-electron chi connectivity index (χ0n) is 10.8. The van der Waals surface area contributed by atoms with Gasteiger partial charge in [0, 0.05) is 12.1 Å². The topological polar surface area (TPSA) is 34.2 Å². The van der Waals surface area contributed by atoms with Crippen LogP contribution in [0.1, 0.15) is 18.9 Å². The van der Waals surface area contributed by atoms with Gasteiger partial charge in [0.25, 0.3) is 0 Å². The molecule has 0 atom stereocenters. The van der Waals surface area contributed by atoms with Gasteiger partial charge in [0.2, 0.25) is 5.88 Å². The lowest BCUT2D eigenvalue weighted by Gasteiger charge is -2.17. The molecule has 3 nitrogen and oxygen atoms in total. The summed E-state index contributed by atoms with van der Waals surface area (Å²) in [4.78, 5) is 3.50. The second-order valence-electron chi connectivity index (χ2n) is 4.14. The second kappa shape index (κ2) is 7.37. The third-order valence-corrected chi connectivity index (χ3v) is 2.35. The van der Waals surface area contributed by atoms with E-state index in [0.29, 0.717) is 6.54 Å². The van der Waals surface area contributed by atoms with Gasteiger partial charge in [-0.25, -0.2) is 18.2 Å². The molecule has 1 N–H and O–H groups in total. The fraction of sp³-hybridized carbons (Fsp3) is 0.583. The number of hydrogen-bond acceptors (Lipinski definition) is 3. The molecule has 0 aromatic carbocycles. The molecule has 1 rings (SSSR count). The van der Waals surface area contributed by atoms with Gasteiger partial charge in [-0.2, -0.15) is 8.78 Å². The van der Waals surface area contributed by atoms with Gasteiger partial charge in [0.05, 0.1) is 6.20 Å². The number of alkyl halides is 4. The van der Waals surface area contributed by atoms with Crippen LogP contribution in [0.15, 0.2) is 12.3 Å². The minimum Gasteiger partial charge on any atom is -0.471 e. The monoisotopic (exact) mass is 298 g/mol. The Labute approximate surface area is 113 Å². The molecule has 0 unspecified atom stereocenters. The van der Waals surface area contributed by atoms with Gasteiger partial charge in [0.1, 0.15) is 5.82 Å². The molecule has 1 aromatic heterocycles. The van der Waals surface area contributed by atoms with Gasteiger partial charge in [-0.05, 0) is 19.0 Å². The van der Waals surface area contributed by atoms with Crippen molar-refractivity contribution in [2.75, 3.05) is 13.2 Å². The third-order valence-electron chi connectivity index (χ3n) is 2.35. The van der Waals surface area contributed by atoms with E-state index < -0.39 is 24.8 Å². The van der Waals surface area contributed by atoms with E-state index in [1.54, 1.807) is 0 Å². The van der Waals surface area contributed by atoms with Crippen molar-refractivity contribution in [1.82, 2.24) is 10.3 Å². The van der Waals surface area contributed by atoms with Crippen LogP contribution in [0.4, 0.5) is 22.0 Å². The van der Waals surface area contributed by atoms with E-state index in [1.807, 2.05) is 6.92 Å². The average Bonchev–Trinajstić information content (AvgIpc) is 2.38. The summed E-state index contributed by atoms with van der Waals surface area (Å²) in [7, 11) is 0. The van der Waals surface area contributed by atoms with E-state index >= 15 is 0 Å². The summed E-state index contributed by atoms with van der Waals surface area (Å²) in [6, 6.07) is 1.06. The molecule has 0 spiro atoms. The molecule has 1 heterocycles. The number of aromatic nitrogens is 1. The van der Waals surface area contributed by atoms with Gasteiger partial charge >= 0.3 is 12.3 Å². The normalized spacial score (nSPS) is 11.9. The lowest BCUT2D eigenvalue weighted by atomic mass is 10.2. The first-order valence-corrected chi connectivity index (χ1v) is 6.00. The van der Waals surface area contributed by atoms with Crippen molar-refractivity contribution >= 4 is 0 Å². The van der Waals surface area contributed by atoms with Crippen LogP contribution < -0.4 is 10.1 Å². The van der Waals surface area contributed by atoms with Crippen molar-refractivity contribution in [3.8, 4) is 5.88 Å². The fourth-order valence-electron chi connectivity index (χ4n) is 1.35. The van der Waals surface area contributed by atoms with Crippen molar-refractivity contribution in [3.63, 3.8) is 0 Å². The molecule has 1 aromatic rings. The summed E-state index contributed by atoms with van der Waals surface area (Å²) in [6.45, 7) is 1.18. The minimum absolute atomic E-state index is 0.147. The number of nitrogens with one attached hydrogen (secondary N) is 1. The number of pyridine rings is 1. The van der Waals surface area contributed by atoms with Crippen LogP contribution in [-0.2, 0) is 6.54 Å². The number of ether oxygens (including phenoxy) is 1. The highest BCUT2D eigenvalue weighted by molar-refractivity contribution is 5.26. The Morgan fingerprint density at radius 3 is 2.70 bits per heavy atom. The Morgan fingerprint density at radius 1 is 1.40 bits per heavy atom. The first-order chi connectivity index (χ1) is 9.36. The molecule has 114 valence electrons. The van der Waals surface area contributed by atoms with Crippen molar-refractivity contribution < 1.29 is 26.7 Å². The van der Waals surface area contributed by atoms with E-state index in [4.69, 9.17) is 0 Å². The largest absolute Gasteiger partial charge is 0.471 e. The molecule has 0 fully saturated rings. The quantitative estimate of drug-likeness (QED) is 0.592. The minimum atomic E-state index is -4.27. The zero-order valence-corrected chi connectivity index (χ0v) is 10.8. The van der Waals surface area contributed by atoms with Crippen molar-refractivity contribution in [3.05, 3.63) is 23.6 Å². The number of hydrogen-bond donors (Lipinski definition) is 1. The molecule has 0 saturated carbocycles. The molecule has 0 aliphatic rings. The van der Waals surface area contributed by atoms with Crippen LogP contribution in [0.2, 0.25) is 0 Å². The van der Waals surface area contributed by atoms with Crippen LogP contribution >= 0.6 is 0 Å². The maximum atomic E-state index is 13.0. The molecule has 0 amide bonds. The van der Waals surface area contributed by atoms with Crippen molar-refractivity contribution in [2.24, 2.45) is 0 Å². The molecule has 0 bridgehead atoms. The Kier molecular flexibility index (Phi) is 6.12. The fourth-order valence-corrected chi connectivity index (χ4v) is 1.35. The number of halogens is 5. The predicted molar refractivity (Wildman–Crippen MR) is 62.6 cm³/mol. The smallest absolute Gasteiger partial charge is 0.340 e.